The van der Waals surface area contributed by atoms with Crippen LogP contribution in [0.4, 0.5) is 11.6 Å². The zero-order chi connectivity index (χ0) is 20.0. The quantitative estimate of drug-likeness (QED) is 0.381. The lowest BCUT2D eigenvalue weighted by atomic mass is 10.1. The molecule has 0 spiro atoms. The summed E-state index contributed by atoms with van der Waals surface area (Å²) in [5.74, 6) is 0.136. The molecule has 8 nitrogen and oxygen atoms in total. The third-order valence-electron chi connectivity index (χ3n) is 3.84. The van der Waals surface area contributed by atoms with E-state index in [1.807, 2.05) is 0 Å². The van der Waals surface area contributed by atoms with E-state index < -0.39 is 8.72 Å². The van der Waals surface area contributed by atoms with E-state index in [0.29, 0.717) is 6.54 Å². The van der Waals surface area contributed by atoms with Crippen molar-refractivity contribution in [2.24, 2.45) is 0 Å². The second kappa shape index (κ2) is 9.45. The van der Waals surface area contributed by atoms with E-state index in [4.69, 9.17) is 34.8 Å². The summed E-state index contributed by atoms with van der Waals surface area (Å²) in [6, 6.07) is 6.10. The smallest absolute Gasteiger partial charge is 0.280 e. The third-order valence-corrected chi connectivity index (χ3v) is 4.34. The number of nitrogens with zero attached hydrogens (tertiary/aromatic N) is 5. The van der Waals surface area contributed by atoms with Gasteiger partial charge in [-0.05, 0) is 19.2 Å². The fraction of sp³-hybridized carbons (Fsp3) is 0.438. The molecule has 0 aliphatic carbocycles. The van der Waals surface area contributed by atoms with Crippen LogP contribution in [0.25, 0.3) is 11.4 Å². The molecule has 0 saturated heterocycles. The van der Waals surface area contributed by atoms with Crippen molar-refractivity contribution in [2.75, 3.05) is 31.5 Å². The number of nitro groups is 1. The minimum Gasteiger partial charge on any atom is -0.353 e. The van der Waals surface area contributed by atoms with E-state index in [9.17, 15) is 10.1 Å². The van der Waals surface area contributed by atoms with Crippen molar-refractivity contribution in [1.82, 2.24) is 19.9 Å². The topological polar surface area (TPSA) is 97.1 Å². The molecule has 2 rings (SSSR count). The molecule has 146 valence electrons. The maximum Gasteiger partial charge on any atom is 0.280 e. The summed E-state index contributed by atoms with van der Waals surface area (Å²) >= 11 is 17.8. The number of nitro benzene ring substituents is 1. The summed E-state index contributed by atoms with van der Waals surface area (Å²) in [7, 11) is 0. The molecule has 0 amide bonds. The number of anilines is 1. The number of likely N-dealkylation sites (N-methyl/N-ethyl adjacent to an activating group) is 1. The van der Waals surface area contributed by atoms with Crippen LogP contribution < -0.4 is 5.32 Å². The van der Waals surface area contributed by atoms with Gasteiger partial charge in [0.2, 0.25) is 9.74 Å². The summed E-state index contributed by atoms with van der Waals surface area (Å²) in [6.07, 6.45) is 0. The summed E-state index contributed by atoms with van der Waals surface area (Å²) in [4.78, 5) is 25.5. The molecule has 0 bridgehead atoms. The number of alkyl halides is 3. The maximum atomic E-state index is 11.3. The summed E-state index contributed by atoms with van der Waals surface area (Å²) in [5, 5.41) is 14.4. The van der Waals surface area contributed by atoms with Crippen molar-refractivity contribution in [3.63, 3.8) is 0 Å². The van der Waals surface area contributed by atoms with Gasteiger partial charge >= 0.3 is 0 Å². The number of hydrogen-bond acceptors (Lipinski definition) is 7. The highest BCUT2D eigenvalue weighted by Gasteiger charge is 2.29. The molecule has 0 unspecified atom stereocenters. The number of nitrogens with one attached hydrogen (secondary N) is 1. The molecule has 2 aromatic rings. The van der Waals surface area contributed by atoms with Crippen LogP contribution in [0.3, 0.4) is 0 Å². The molecule has 1 N–H and O–H groups in total. The Bertz CT molecular complexity index is 796. The highest BCUT2D eigenvalue weighted by atomic mass is 35.6. The van der Waals surface area contributed by atoms with Crippen molar-refractivity contribution < 1.29 is 4.92 Å². The van der Waals surface area contributed by atoms with Crippen LogP contribution in [0.5, 0.6) is 0 Å². The number of hydrogen-bond donors (Lipinski definition) is 1. The lowest BCUT2D eigenvalue weighted by Crippen LogP contribution is -2.29. The van der Waals surface area contributed by atoms with Gasteiger partial charge in [0.25, 0.3) is 5.69 Å². The van der Waals surface area contributed by atoms with Crippen LogP contribution in [-0.2, 0) is 3.79 Å². The molecule has 0 aliphatic heterocycles. The summed E-state index contributed by atoms with van der Waals surface area (Å²) in [5.41, 5.74) is 0.0697. The Balaban J connectivity index is 2.39. The van der Waals surface area contributed by atoms with Gasteiger partial charge in [0.15, 0.2) is 11.6 Å². The van der Waals surface area contributed by atoms with E-state index in [2.05, 4.69) is 39.0 Å². The van der Waals surface area contributed by atoms with Crippen LogP contribution >= 0.6 is 34.8 Å². The first kappa shape index (κ1) is 21.6. The fourth-order valence-corrected chi connectivity index (χ4v) is 2.64. The monoisotopic (exact) mass is 432 g/mol. The Hall–Kier alpha value is -1.74. The Morgan fingerprint density at radius 3 is 2.41 bits per heavy atom. The maximum absolute atomic E-state index is 11.3. The van der Waals surface area contributed by atoms with Crippen LogP contribution in [-0.4, -0.2) is 51.0 Å². The first-order valence-electron chi connectivity index (χ1n) is 8.29. The molecule has 1 aromatic heterocycles. The van der Waals surface area contributed by atoms with Crippen molar-refractivity contribution in [3.8, 4) is 11.4 Å². The van der Waals surface area contributed by atoms with Gasteiger partial charge in [-0.3, -0.25) is 10.1 Å². The molecule has 0 radical (unpaired) electrons. The van der Waals surface area contributed by atoms with Crippen LogP contribution in [0, 0.1) is 10.1 Å². The SMILES string of the molecule is CCN(CC)CCNc1nc(-c2ccccc2[N+](=O)[O-])nc(C(Cl)(Cl)Cl)n1. The molecule has 1 aromatic carbocycles. The lowest BCUT2D eigenvalue weighted by molar-refractivity contribution is -0.384. The molecule has 0 aliphatic rings. The Labute approximate surface area is 172 Å². The van der Waals surface area contributed by atoms with Crippen LogP contribution in [0.1, 0.15) is 19.7 Å². The van der Waals surface area contributed by atoms with Crippen molar-refractivity contribution in [1.29, 1.82) is 0 Å². The van der Waals surface area contributed by atoms with Crippen LogP contribution in [0.2, 0.25) is 0 Å². The largest absolute Gasteiger partial charge is 0.353 e. The van der Waals surface area contributed by atoms with E-state index in [0.717, 1.165) is 19.6 Å². The van der Waals surface area contributed by atoms with Gasteiger partial charge in [0.05, 0.1) is 10.5 Å². The number of rotatable bonds is 8. The minimum atomic E-state index is -1.89. The predicted octanol–water partition coefficient (Wildman–Crippen LogP) is 4.03. The summed E-state index contributed by atoms with van der Waals surface area (Å²) < 4.78 is -1.89. The highest BCUT2D eigenvalue weighted by molar-refractivity contribution is 6.66. The number of aromatic nitrogens is 3. The molecule has 1 heterocycles. The Kier molecular flexibility index (Phi) is 7.55. The molecule has 0 atom stereocenters. The van der Waals surface area contributed by atoms with Crippen LogP contribution in [0.15, 0.2) is 24.3 Å². The van der Waals surface area contributed by atoms with E-state index in [1.54, 1.807) is 12.1 Å². The summed E-state index contributed by atoms with van der Waals surface area (Å²) in [6.45, 7) is 7.29. The second-order valence-electron chi connectivity index (χ2n) is 5.53. The highest BCUT2D eigenvalue weighted by Crippen LogP contribution is 2.37. The van der Waals surface area contributed by atoms with Crippen molar-refractivity contribution >= 4 is 46.4 Å². The average Bonchev–Trinajstić information content (AvgIpc) is 2.64. The third kappa shape index (κ3) is 5.87. The van der Waals surface area contributed by atoms with Gasteiger partial charge in [0.1, 0.15) is 0 Å². The molecule has 0 fully saturated rings. The molecular weight excluding hydrogens is 415 g/mol. The molecule has 11 heteroatoms. The first-order valence-corrected chi connectivity index (χ1v) is 9.43. The fourth-order valence-electron chi connectivity index (χ4n) is 2.39. The van der Waals surface area contributed by atoms with Gasteiger partial charge in [-0.2, -0.15) is 9.97 Å². The minimum absolute atomic E-state index is 0.0592. The predicted molar refractivity (Wildman–Crippen MR) is 107 cm³/mol. The number of para-hydroxylation sites is 1. The van der Waals surface area contributed by atoms with Gasteiger partial charge in [-0.25, -0.2) is 4.98 Å². The zero-order valence-electron chi connectivity index (χ0n) is 14.8. The zero-order valence-corrected chi connectivity index (χ0v) is 17.1. The number of halogens is 3. The first-order chi connectivity index (χ1) is 12.8. The van der Waals surface area contributed by atoms with Gasteiger partial charge in [0, 0.05) is 19.2 Å². The molecular formula is C16H19Cl3N6O2. The standard InChI is InChI=1S/C16H19Cl3N6O2/c1-3-24(4-2)10-9-20-15-22-13(21-14(23-15)16(17,18)19)11-7-5-6-8-12(11)25(26)27/h5-8H,3-4,9-10H2,1-2H3,(H,20,21,22,23). The second-order valence-corrected chi connectivity index (χ2v) is 7.81. The van der Waals surface area contributed by atoms with E-state index in [1.165, 1.54) is 12.1 Å². The Morgan fingerprint density at radius 2 is 1.81 bits per heavy atom. The van der Waals surface area contributed by atoms with Crippen molar-refractivity contribution in [3.05, 3.63) is 40.2 Å². The van der Waals surface area contributed by atoms with Gasteiger partial charge in [-0.1, -0.05) is 60.8 Å². The van der Waals surface area contributed by atoms with Gasteiger partial charge in [-0.15, -0.1) is 0 Å². The van der Waals surface area contributed by atoms with E-state index in [-0.39, 0.29) is 28.8 Å². The Morgan fingerprint density at radius 1 is 1.15 bits per heavy atom. The number of benzene rings is 1. The molecule has 27 heavy (non-hydrogen) atoms. The van der Waals surface area contributed by atoms with E-state index >= 15 is 0 Å². The molecule has 0 saturated carbocycles. The lowest BCUT2D eigenvalue weighted by Gasteiger charge is -2.18. The van der Waals surface area contributed by atoms with Gasteiger partial charge < -0.3 is 10.2 Å². The average molecular weight is 434 g/mol. The normalized spacial score (nSPS) is 11.6. The van der Waals surface area contributed by atoms with Crippen molar-refractivity contribution in [2.45, 2.75) is 17.6 Å².